The molecular formula is C18H12O2. The summed E-state index contributed by atoms with van der Waals surface area (Å²) < 4.78 is 0. The predicted octanol–water partition coefficient (Wildman–Crippen LogP) is 3.89. The van der Waals surface area contributed by atoms with Gasteiger partial charge in [0.05, 0.1) is 0 Å². The van der Waals surface area contributed by atoms with E-state index in [9.17, 15) is 9.59 Å². The van der Waals surface area contributed by atoms with Crippen molar-refractivity contribution < 1.29 is 9.59 Å². The molecule has 0 atom stereocenters. The van der Waals surface area contributed by atoms with Gasteiger partial charge in [0.1, 0.15) is 0 Å². The summed E-state index contributed by atoms with van der Waals surface area (Å²) in [5.41, 5.74) is 1.53. The standard InChI is InChI=1S/C18H12O2/c1-3-13-14(4-2)18(20)16-10-12-8-6-5-7-11(12)9-15(16)17(13)19/h3-10H,1-2H2. The first-order valence-electron chi connectivity index (χ1n) is 6.28. The van der Waals surface area contributed by atoms with Crippen molar-refractivity contribution >= 4 is 22.3 Å². The fraction of sp³-hybridized carbons (Fsp3) is 0. The molecule has 0 unspecified atom stereocenters. The van der Waals surface area contributed by atoms with Crippen molar-refractivity contribution in [3.05, 3.63) is 84.0 Å². The van der Waals surface area contributed by atoms with Crippen molar-refractivity contribution in [3.8, 4) is 0 Å². The van der Waals surface area contributed by atoms with Gasteiger partial charge >= 0.3 is 0 Å². The Hall–Kier alpha value is -2.74. The van der Waals surface area contributed by atoms with Crippen molar-refractivity contribution in [2.45, 2.75) is 0 Å². The van der Waals surface area contributed by atoms with Gasteiger partial charge in [0.15, 0.2) is 11.6 Å². The second kappa shape index (κ2) is 4.42. The summed E-state index contributed by atoms with van der Waals surface area (Å²) in [7, 11) is 0. The van der Waals surface area contributed by atoms with Crippen molar-refractivity contribution in [3.63, 3.8) is 0 Å². The summed E-state index contributed by atoms with van der Waals surface area (Å²) in [6.07, 6.45) is 2.85. The molecule has 0 N–H and O–H groups in total. The van der Waals surface area contributed by atoms with Crippen LogP contribution in [0.2, 0.25) is 0 Å². The molecule has 2 aromatic rings. The number of ketones is 2. The van der Waals surface area contributed by atoms with Crippen LogP contribution < -0.4 is 0 Å². The SMILES string of the molecule is C=CC1=C(C=C)C(=O)c2cc3ccccc3cc2C1=O. The number of fused-ring (bicyclic) bond motifs is 2. The Morgan fingerprint density at radius 1 is 0.750 bits per heavy atom. The molecule has 0 amide bonds. The van der Waals surface area contributed by atoms with E-state index in [1.54, 1.807) is 12.1 Å². The van der Waals surface area contributed by atoms with E-state index in [0.717, 1.165) is 10.8 Å². The van der Waals surface area contributed by atoms with Crippen LogP contribution in [-0.2, 0) is 0 Å². The second-order valence-corrected chi connectivity index (χ2v) is 4.64. The van der Waals surface area contributed by atoms with Gasteiger partial charge in [-0.1, -0.05) is 49.6 Å². The number of allylic oxidation sites excluding steroid dienone is 4. The maximum absolute atomic E-state index is 12.5. The lowest BCUT2D eigenvalue weighted by Gasteiger charge is -2.18. The fourth-order valence-corrected chi connectivity index (χ4v) is 2.56. The molecule has 0 bridgehead atoms. The number of Topliss-reactive ketones (excluding diaryl/α,β-unsaturated/α-hetero) is 2. The number of benzene rings is 2. The van der Waals surface area contributed by atoms with Crippen LogP contribution in [0.4, 0.5) is 0 Å². The molecular weight excluding hydrogens is 248 g/mol. The first-order chi connectivity index (χ1) is 9.67. The van der Waals surface area contributed by atoms with Gasteiger partial charge in [0.2, 0.25) is 0 Å². The number of carbonyl (C=O) groups excluding carboxylic acids is 2. The molecule has 2 aromatic carbocycles. The molecule has 0 spiro atoms. The molecule has 1 aliphatic rings. The average molecular weight is 260 g/mol. The molecule has 0 aliphatic heterocycles. The van der Waals surface area contributed by atoms with Crippen LogP contribution in [0.5, 0.6) is 0 Å². The topological polar surface area (TPSA) is 34.1 Å². The Morgan fingerprint density at radius 2 is 1.15 bits per heavy atom. The number of carbonyl (C=O) groups is 2. The molecule has 2 heteroatoms. The fourth-order valence-electron chi connectivity index (χ4n) is 2.56. The van der Waals surface area contributed by atoms with E-state index in [2.05, 4.69) is 13.2 Å². The Balaban J connectivity index is 2.37. The summed E-state index contributed by atoms with van der Waals surface area (Å²) in [4.78, 5) is 25.0. The largest absolute Gasteiger partial charge is 0.289 e. The van der Waals surface area contributed by atoms with Gasteiger partial charge in [0, 0.05) is 22.3 Å². The highest BCUT2D eigenvalue weighted by Gasteiger charge is 2.29. The van der Waals surface area contributed by atoms with E-state index >= 15 is 0 Å². The predicted molar refractivity (Wildman–Crippen MR) is 80.0 cm³/mol. The van der Waals surface area contributed by atoms with Crippen LogP contribution in [0.3, 0.4) is 0 Å². The quantitative estimate of drug-likeness (QED) is 0.821. The molecule has 20 heavy (non-hydrogen) atoms. The van der Waals surface area contributed by atoms with Crippen molar-refractivity contribution in [1.29, 1.82) is 0 Å². The summed E-state index contributed by atoms with van der Waals surface area (Å²) in [6, 6.07) is 11.2. The Labute approximate surface area is 116 Å². The molecule has 3 rings (SSSR count). The third-order valence-electron chi connectivity index (χ3n) is 3.56. The minimum absolute atomic E-state index is 0.171. The maximum Gasteiger partial charge on any atom is 0.194 e. The number of hydrogen-bond donors (Lipinski definition) is 0. The highest BCUT2D eigenvalue weighted by Crippen LogP contribution is 2.30. The van der Waals surface area contributed by atoms with Gasteiger partial charge in [0.25, 0.3) is 0 Å². The highest BCUT2D eigenvalue weighted by atomic mass is 16.1. The minimum atomic E-state index is -0.171. The zero-order valence-corrected chi connectivity index (χ0v) is 10.8. The molecule has 0 heterocycles. The lowest BCUT2D eigenvalue weighted by molar-refractivity contribution is 0.0981. The Morgan fingerprint density at radius 3 is 1.50 bits per heavy atom. The third-order valence-corrected chi connectivity index (χ3v) is 3.56. The maximum atomic E-state index is 12.5. The van der Waals surface area contributed by atoms with Gasteiger partial charge in [-0.25, -0.2) is 0 Å². The first-order valence-corrected chi connectivity index (χ1v) is 6.28. The number of rotatable bonds is 2. The van der Waals surface area contributed by atoms with Crippen molar-refractivity contribution in [1.82, 2.24) is 0 Å². The Bertz CT molecular complexity index is 754. The van der Waals surface area contributed by atoms with Gasteiger partial charge in [-0.15, -0.1) is 0 Å². The first kappa shape index (κ1) is 12.3. The van der Waals surface area contributed by atoms with Gasteiger partial charge in [-0.2, -0.15) is 0 Å². The van der Waals surface area contributed by atoms with E-state index in [-0.39, 0.29) is 11.6 Å². The lowest BCUT2D eigenvalue weighted by Crippen LogP contribution is -2.20. The molecule has 0 fully saturated rings. The van der Waals surface area contributed by atoms with E-state index < -0.39 is 0 Å². The molecule has 1 aliphatic carbocycles. The normalized spacial score (nSPS) is 14.4. The molecule has 0 radical (unpaired) electrons. The van der Waals surface area contributed by atoms with Crippen molar-refractivity contribution in [2.24, 2.45) is 0 Å². The molecule has 2 nitrogen and oxygen atoms in total. The average Bonchev–Trinajstić information content (AvgIpc) is 2.49. The second-order valence-electron chi connectivity index (χ2n) is 4.64. The summed E-state index contributed by atoms with van der Waals surface area (Å²) >= 11 is 0. The van der Waals surface area contributed by atoms with E-state index in [4.69, 9.17) is 0 Å². The van der Waals surface area contributed by atoms with Gasteiger partial charge in [-0.05, 0) is 22.9 Å². The van der Waals surface area contributed by atoms with Gasteiger partial charge < -0.3 is 0 Å². The van der Waals surface area contributed by atoms with Crippen LogP contribution in [0.1, 0.15) is 20.7 Å². The molecule has 0 aromatic heterocycles. The monoisotopic (exact) mass is 260 g/mol. The minimum Gasteiger partial charge on any atom is -0.289 e. The van der Waals surface area contributed by atoms with Crippen LogP contribution in [0, 0.1) is 0 Å². The van der Waals surface area contributed by atoms with Crippen molar-refractivity contribution in [2.75, 3.05) is 0 Å². The molecule has 0 saturated heterocycles. The van der Waals surface area contributed by atoms with E-state index in [1.807, 2.05) is 24.3 Å². The van der Waals surface area contributed by atoms with Crippen LogP contribution in [0.25, 0.3) is 10.8 Å². The number of hydrogen-bond acceptors (Lipinski definition) is 2. The van der Waals surface area contributed by atoms with Crippen LogP contribution >= 0.6 is 0 Å². The summed E-state index contributed by atoms with van der Waals surface area (Å²) in [6.45, 7) is 7.25. The lowest BCUT2D eigenvalue weighted by atomic mass is 9.82. The van der Waals surface area contributed by atoms with Gasteiger partial charge in [-0.3, -0.25) is 9.59 Å². The van der Waals surface area contributed by atoms with Crippen LogP contribution in [-0.4, -0.2) is 11.6 Å². The van der Waals surface area contributed by atoms with E-state index in [0.29, 0.717) is 22.3 Å². The molecule has 96 valence electrons. The van der Waals surface area contributed by atoms with Crippen LogP contribution in [0.15, 0.2) is 72.9 Å². The highest BCUT2D eigenvalue weighted by molar-refractivity contribution is 6.30. The van der Waals surface area contributed by atoms with E-state index in [1.165, 1.54) is 12.2 Å². The summed E-state index contributed by atoms with van der Waals surface area (Å²) in [5.74, 6) is -0.342. The molecule has 0 saturated carbocycles. The Kier molecular flexibility index (Phi) is 2.72. The third kappa shape index (κ3) is 1.58. The zero-order chi connectivity index (χ0) is 14.3. The zero-order valence-electron chi connectivity index (χ0n) is 10.8. The smallest absolute Gasteiger partial charge is 0.194 e. The summed E-state index contributed by atoms with van der Waals surface area (Å²) in [5, 5.41) is 1.88.